The molecule has 4 heteroatoms. The molecule has 0 aliphatic heterocycles. The van der Waals surface area contributed by atoms with Crippen LogP contribution in [-0.4, -0.2) is 34.9 Å². The largest absolute Gasteiger partial charge is 0.393 e. The summed E-state index contributed by atoms with van der Waals surface area (Å²) in [7, 11) is 0. The zero-order valence-corrected chi connectivity index (χ0v) is 21.6. The van der Waals surface area contributed by atoms with Gasteiger partial charge in [0.05, 0.1) is 18.8 Å². The molecule has 0 heterocycles. The van der Waals surface area contributed by atoms with Crippen molar-refractivity contribution in [3.8, 4) is 12.3 Å². The zero-order valence-electron chi connectivity index (χ0n) is 21.6. The Bertz CT molecular complexity index is 801. The van der Waals surface area contributed by atoms with Gasteiger partial charge in [0.25, 0.3) is 0 Å². The molecule has 10 atom stereocenters. The third kappa shape index (κ3) is 4.72. The van der Waals surface area contributed by atoms with Crippen LogP contribution >= 0.6 is 0 Å². The van der Waals surface area contributed by atoms with Crippen molar-refractivity contribution in [2.24, 2.45) is 46.3 Å². The number of rotatable bonds is 7. The highest BCUT2D eigenvalue weighted by Gasteiger charge is 2.62. The minimum atomic E-state index is -0.199. The molecule has 0 aromatic carbocycles. The van der Waals surface area contributed by atoms with Crippen LogP contribution < -0.4 is 5.32 Å². The van der Waals surface area contributed by atoms with Crippen LogP contribution in [0.25, 0.3) is 0 Å². The smallest absolute Gasteiger partial charge is 0.224 e. The van der Waals surface area contributed by atoms with E-state index >= 15 is 0 Å². The van der Waals surface area contributed by atoms with E-state index in [0.29, 0.717) is 53.4 Å². The molecule has 0 saturated heterocycles. The van der Waals surface area contributed by atoms with E-state index in [0.717, 1.165) is 44.4 Å². The standard InChI is InChI=1S/C30H47NO3/c1-5-17-31-27(34)10-8-6-7-9-20(2)23-11-12-24-28-25(14-16-30(23,24)4)29(3)15-13-22(32)18-21(29)19-26(28)33/h1,6,8,20-26,28,32-33H,7,9-19H2,2-4H3,(H,31,34)/b8-6+. The molecular weight excluding hydrogens is 422 g/mol. The highest BCUT2D eigenvalue weighted by atomic mass is 16.3. The van der Waals surface area contributed by atoms with Gasteiger partial charge in [-0.05, 0) is 111 Å². The Labute approximate surface area is 207 Å². The van der Waals surface area contributed by atoms with Gasteiger partial charge in [0.15, 0.2) is 0 Å². The van der Waals surface area contributed by atoms with E-state index in [-0.39, 0.29) is 18.1 Å². The van der Waals surface area contributed by atoms with Gasteiger partial charge in [-0.15, -0.1) is 6.42 Å². The number of terminal acetylenes is 1. The lowest BCUT2D eigenvalue weighted by atomic mass is 9.43. The van der Waals surface area contributed by atoms with Crippen LogP contribution in [0, 0.1) is 58.7 Å². The van der Waals surface area contributed by atoms with E-state index in [4.69, 9.17) is 6.42 Å². The Balaban J connectivity index is 1.37. The molecule has 34 heavy (non-hydrogen) atoms. The van der Waals surface area contributed by atoms with Crippen LogP contribution in [0.2, 0.25) is 0 Å². The summed E-state index contributed by atoms with van der Waals surface area (Å²) < 4.78 is 0. The maximum Gasteiger partial charge on any atom is 0.224 e. The quantitative estimate of drug-likeness (QED) is 0.359. The number of fused-ring (bicyclic) bond motifs is 5. The van der Waals surface area contributed by atoms with Crippen LogP contribution in [0.5, 0.6) is 0 Å². The molecule has 190 valence electrons. The Hall–Kier alpha value is -1.31. The number of hydrogen-bond donors (Lipinski definition) is 3. The molecule has 4 nitrogen and oxygen atoms in total. The number of allylic oxidation sites excluding steroid dienone is 1. The number of amides is 1. The molecule has 4 saturated carbocycles. The van der Waals surface area contributed by atoms with Gasteiger partial charge in [-0.1, -0.05) is 38.8 Å². The average molecular weight is 470 g/mol. The van der Waals surface area contributed by atoms with Gasteiger partial charge in [0, 0.05) is 6.42 Å². The van der Waals surface area contributed by atoms with E-state index in [1.54, 1.807) is 0 Å². The summed E-state index contributed by atoms with van der Waals surface area (Å²) in [4.78, 5) is 11.7. The van der Waals surface area contributed by atoms with Crippen molar-refractivity contribution in [2.75, 3.05) is 6.54 Å². The van der Waals surface area contributed by atoms with Crippen molar-refractivity contribution in [3.05, 3.63) is 12.2 Å². The van der Waals surface area contributed by atoms with Crippen molar-refractivity contribution in [2.45, 2.75) is 104 Å². The number of aliphatic hydroxyl groups excluding tert-OH is 2. The Kier molecular flexibility index (Phi) is 7.85. The summed E-state index contributed by atoms with van der Waals surface area (Å²) in [6, 6.07) is 0. The fourth-order valence-corrected chi connectivity index (χ4v) is 9.27. The second kappa shape index (κ2) is 10.4. The third-order valence-corrected chi connectivity index (χ3v) is 11.1. The fourth-order valence-electron chi connectivity index (χ4n) is 9.27. The molecular formula is C30H47NO3. The predicted octanol–water partition coefficient (Wildman–Crippen LogP) is 5.09. The molecule has 4 fully saturated rings. The second-order valence-electron chi connectivity index (χ2n) is 12.7. The average Bonchev–Trinajstić information content (AvgIpc) is 3.15. The highest BCUT2D eigenvalue weighted by Crippen LogP contribution is 2.68. The van der Waals surface area contributed by atoms with Gasteiger partial charge in [0.1, 0.15) is 0 Å². The minimum absolute atomic E-state index is 0.0143. The van der Waals surface area contributed by atoms with Gasteiger partial charge in [0.2, 0.25) is 5.91 Å². The number of carbonyl (C=O) groups excluding carboxylic acids is 1. The van der Waals surface area contributed by atoms with Crippen LogP contribution in [0.4, 0.5) is 0 Å². The van der Waals surface area contributed by atoms with Gasteiger partial charge in [-0.3, -0.25) is 4.79 Å². The minimum Gasteiger partial charge on any atom is -0.393 e. The normalized spacial score (nSPS) is 44.5. The number of nitrogens with one attached hydrogen (secondary N) is 1. The van der Waals surface area contributed by atoms with Gasteiger partial charge in [-0.25, -0.2) is 0 Å². The van der Waals surface area contributed by atoms with E-state index in [9.17, 15) is 15.0 Å². The first-order chi connectivity index (χ1) is 16.2. The first kappa shape index (κ1) is 25.8. The van der Waals surface area contributed by atoms with Gasteiger partial charge < -0.3 is 15.5 Å². The Morgan fingerprint density at radius 2 is 1.82 bits per heavy atom. The monoisotopic (exact) mass is 469 g/mol. The molecule has 0 radical (unpaired) electrons. The molecule has 1 amide bonds. The first-order valence-electron chi connectivity index (χ1n) is 13.9. The van der Waals surface area contributed by atoms with E-state index in [1.807, 2.05) is 6.08 Å². The summed E-state index contributed by atoms with van der Waals surface area (Å²) in [5, 5.41) is 24.4. The fraction of sp³-hybridized carbons (Fsp3) is 0.833. The van der Waals surface area contributed by atoms with Crippen molar-refractivity contribution in [1.82, 2.24) is 5.32 Å². The summed E-state index contributed by atoms with van der Waals surface area (Å²) >= 11 is 0. The SMILES string of the molecule is C#CCNC(=O)C/C=C/CCC(C)C1CCC2C3C(O)CC4CC(O)CCC4(C)C3CCC12C. The number of carbonyl (C=O) groups is 1. The third-order valence-electron chi connectivity index (χ3n) is 11.1. The van der Waals surface area contributed by atoms with Crippen molar-refractivity contribution in [3.63, 3.8) is 0 Å². The molecule has 0 spiro atoms. The van der Waals surface area contributed by atoms with Crippen molar-refractivity contribution >= 4 is 5.91 Å². The van der Waals surface area contributed by atoms with Crippen LogP contribution in [-0.2, 0) is 4.79 Å². The summed E-state index contributed by atoms with van der Waals surface area (Å²) in [5.74, 6) is 5.95. The lowest BCUT2D eigenvalue weighted by Crippen LogP contribution is -2.58. The Morgan fingerprint density at radius 1 is 1.09 bits per heavy atom. The lowest BCUT2D eigenvalue weighted by Gasteiger charge is -2.62. The van der Waals surface area contributed by atoms with E-state index in [1.165, 1.54) is 25.7 Å². The maximum atomic E-state index is 11.7. The molecule has 10 unspecified atom stereocenters. The van der Waals surface area contributed by atoms with E-state index < -0.39 is 0 Å². The zero-order chi connectivity index (χ0) is 24.5. The molecule has 4 aliphatic rings. The molecule has 4 rings (SSSR count). The topological polar surface area (TPSA) is 69.6 Å². The molecule has 3 N–H and O–H groups in total. The van der Waals surface area contributed by atoms with Crippen molar-refractivity contribution in [1.29, 1.82) is 0 Å². The Morgan fingerprint density at radius 3 is 2.59 bits per heavy atom. The van der Waals surface area contributed by atoms with Gasteiger partial charge in [-0.2, -0.15) is 0 Å². The van der Waals surface area contributed by atoms with Crippen LogP contribution in [0.3, 0.4) is 0 Å². The summed E-state index contributed by atoms with van der Waals surface area (Å²) in [6.45, 7) is 7.75. The van der Waals surface area contributed by atoms with Gasteiger partial charge >= 0.3 is 0 Å². The first-order valence-corrected chi connectivity index (χ1v) is 13.9. The van der Waals surface area contributed by atoms with E-state index in [2.05, 4.69) is 38.1 Å². The molecule has 0 bridgehead atoms. The molecule has 4 aliphatic carbocycles. The predicted molar refractivity (Wildman–Crippen MR) is 137 cm³/mol. The van der Waals surface area contributed by atoms with Crippen LogP contribution in [0.1, 0.15) is 91.4 Å². The summed E-state index contributed by atoms with van der Waals surface area (Å²) in [5.41, 5.74) is 0.628. The molecule has 0 aromatic rings. The van der Waals surface area contributed by atoms with Crippen molar-refractivity contribution < 1.29 is 15.0 Å². The molecule has 0 aromatic heterocycles. The maximum absolute atomic E-state index is 11.7. The number of hydrogen-bond acceptors (Lipinski definition) is 3. The lowest BCUT2D eigenvalue weighted by molar-refractivity contribution is -0.174. The second-order valence-corrected chi connectivity index (χ2v) is 12.7. The number of aliphatic hydroxyl groups is 2. The summed E-state index contributed by atoms with van der Waals surface area (Å²) in [6.07, 6.45) is 20.4. The van der Waals surface area contributed by atoms with Crippen LogP contribution in [0.15, 0.2) is 12.2 Å². The highest BCUT2D eigenvalue weighted by molar-refractivity contribution is 5.77.